The highest BCUT2D eigenvalue weighted by atomic mass is 31.2. The Kier molecular flexibility index (Phi) is 20.1. The van der Waals surface area contributed by atoms with Crippen molar-refractivity contribution in [1.29, 1.82) is 10.5 Å². The monoisotopic (exact) mass is 955 g/mol. The van der Waals surface area contributed by atoms with E-state index in [1.54, 1.807) is 21.1 Å². The molecule has 19 heteroatoms. The fraction of sp³-hybridized carbons (Fsp3) is 0.469. The van der Waals surface area contributed by atoms with Gasteiger partial charge in [-0.05, 0) is 82.0 Å². The minimum atomic E-state index is -1.66. The highest BCUT2D eigenvalue weighted by Gasteiger charge is 2.44. The molecule has 18 nitrogen and oxygen atoms in total. The molecule has 4 aromatic rings. The quantitative estimate of drug-likeness (QED) is 0.0356. The minimum absolute atomic E-state index is 0.0413. The lowest BCUT2D eigenvalue weighted by Gasteiger charge is -2.37. The number of carbonyl (C=O) groups is 2. The average molecular weight is 956 g/mol. The maximum atomic E-state index is 13.5. The lowest BCUT2D eigenvalue weighted by Crippen LogP contribution is -2.40. The van der Waals surface area contributed by atoms with Gasteiger partial charge < -0.3 is 43.4 Å². The molecule has 2 amide bonds. The second-order valence-electron chi connectivity index (χ2n) is 16.6. The molecule has 1 unspecified atom stereocenters. The summed E-state index contributed by atoms with van der Waals surface area (Å²) in [6.07, 6.45) is -2.43. The fourth-order valence-corrected chi connectivity index (χ4v) is 9.57. The predicted molar refractivity (Wildman–Crippen MR) is 254 cm³/mol. The number of methoxy groups -OCH3 is 2. The van der Waals surface area contributed by atoms with Crippen LogP contribution in [0.15, 0.2) is 94.6 Å². The molecule has 1 saturated heterocycles. The van der Waals surface area contributed by atoms with Crippen LogP contribution in [0.5, 0.6) is 11.5 Å². The molecule has 5 rings (SSSR count). The van der Waals surface area contributed by atoms with Crippen molar-refractivity contribution in [3.63, 3.8) is 0 Å². The number of nitrogens with one attached hydrogen (secondary N) is 3. The van der Waals surface area contributed by atoms with E-state index >= 15 is 0 Å². The number of amides is 2. The van der Waals surface area contributed by atoms with Crippen molar-refractivity contribution < 1.29 is 42.3 Å². The van der Waals surface area contributed by atoms with Crippen LogP contribution in [-0.2, 0) is 33.7 Å². The van der Waals surface area contributed by atoms with Gasteiger partial charge in [0.1, 0.15) is 35.5 Å². The Bertz CT molecular complexity index is 2380. The second kappa shape index (κ2) is 25.9. The van der Waals surface area contributed by atoms with Gasteiger partial charge in [-0.25, -0.2) is 14.3 Å². The van der Waals surface area contributed by atoms with Crippen molar-refractivity contribution in [1.82, 2.24) is 24.9 Å². The van der Waals surface area contributed by atoms with Gasteiger partial charge in [-0.2, -0.15) is 10.5 Å². The summed E-state index contributed by atoms with van der Waals surface area (Å²) >= 11 is 0. The molecule has 2 heterocycles. The van der Waals surface area contributed by atoms with Crippen LogP contribution >= 0.6 is 8.53 Å². The third-order valence-electron chi connectivity index (χ3n) is 11.1. The van der Waals surface area contributed by atoms with Crippen LogP contribution in [0.1, 0.15) is 88.3 Å². The highest BCUT2D eigenvalue weighted by Crippen LogP contribution is 2.48. The van der Waals surface area contributed by atoms with E-state index in [-0.39, 0.29) is 70.0 Å². The van der Waals surface area contributed by atoms with Crippen LogP contribution in [0.4, 0.5) is 4.79 Å². The van der Waals surface area contributed by atoms with Crippen LogP contribution in [-0.4, -0.2) is 97.1 Å². The summed E-state index contributed by atoms with van der Waals surface area (Å²) in [6.45, 7) is 9.93. The number of rotatable bonds is 25. The number of aromatic nitrogens is 2. The molecule has 1 aromatic heterocycles. The molecule has 1 aliphatic rings. The Hall–Kier alpha value is -6.11. The Morgan fingerprint density at radius 3 is 2.07 bits per heavy atom. The van der Waals surface area contributed by atoms with Crippen molar-refractivity contribution in [2.45, 2.75) is 109 Å². The number of aryl methyl sites for hydroxylation is 1. The number of aromatic amines is 1. The summed E-state index contributed by atoms with van der Waals surface area (Å²) in [4.78, 5) is 54.2. The molecule has 1 fully saturated rings. The molecular weight excluding hydrogens is 894 g/mol. The molecular formula is C49H62N7O11P. The van der Waals surface area contributed by atoms with Crippen LogP contribution in [0, 0.1) is 29.6 Å². The summed E-state index contributed by atoms with van der Waals surface area (Å²) < 4.78 is 46.0. The topological polar surface area (TPSA) is 228 Å². The Morgan fingerprint density at radius 2 is 1.50 bits per heavy atom. The molecule has 0 bridgehead atoms. The maximum Gasteiger partial charge on any atom is 0.407 e. The zero-order valence-corrected chi connectivity index (χ0v) is 40.5. The van der Waals surface area contributed by atoms with Crippen LogP contribution in [0.3, 0.4) is 0 Å². The van der Waals surface area contributed by atoms with Gasteiger partial charge in [0, 0.05) is 43.4 Å². The standard InChI is InChI=1S/C49H62N7O11P/c1-33(2)56(34(3)4)68(64-28-11-24-50)67-41(23-25-51)29-44(57)52-26-12-27-53-48(60)66-42-30-45(55-31-35(5)46(58)54-47(55)59)65-43(42)32-63-49(36-13-9-8-10-14-36,37-15-19-39(61-6)20-16-37)38-17-21-40(62-7)22-18-38/h8-10,13-22,31,33-34,41-43,45H,11-12,23,26-30,32H2,1-7H3,(H,52,57)(H,53,60)(H,54,58,59)/t41-,42+,43-,45-,68?/m1/s1. The van der Waals surface area contributed by atoms with Crippen molar-refractivity contribution in [3.8, 4) is 23.6 Å². The first-order valence-electron chi connectivity index (χ1n) is 22.5. The molecule has 0 spiro atoms. The molecule has 68 heavy (non-hydrogen) atoms. The lowest BCUT2D eigenvalue weighted by atomic mass is 9.80. The largest absolute Gasteiger partial charge is 0.497 e. The van der Waals surface area contributed by atoms with E-state index in [4.69, 9.17) is 38.0 Å². The van der Waals surface area contributed by atoms with E-state index in [9.17, 15) is 24.4 Å². The van der Waals surface area contributed by atoms with E-state index in [0.717, 1.165) is 16.7 Å². The van der Waals surface area contributed by atoms with Gasteiger partial charge in [0.05, 0.1) is 64.9 Å². The van der Waals surface area contributed by atoms with Crippen molar-refractivity contribution in [3.05, 3.63) is 128 Å². The Labute approximate surface area is 398 Å². The Balaban J connectivity index is 1.29. The number of ether oxygens (including phenoxy) is 5. The van der Waals surface area contributed by atoms with Crippen LogP contribution in [0.25, 0.3) is 0 Å². The third kappa shape index (κ3) is 14.0. The molecule has 3 N–H and O–H groups in total. The van der Waals surface area contributed by atoms with Gasteiger partial charge in [0.15, 0.2) is 0 Å². The van der Waals surface area contributed by atoms with E-state index in [1.807, 2.05) is 111 Å². The number of H-pyrrole nitrogens is 1. The number of alkyl carbamates (subject to hydrolysis) is 1. The van der Waals surface area contributed by atoms with Crippen LogP contribution < -0.4 is 31.4 Å². The zero-order valence-electron chi connectivity index (χ0n) is 39.6. The first-order valence-corrected chi connectivity index (χ1v) is 23.7. The average Bonchev–Trinajstić information content (AvgIpc) is 3.72. The minimum Gasteiger partial charge on any atom is -0.497 e. The molecule has 0 saturated carbocycles. The summed E-state index contributed by atoms with van der Waals surface area (Å²) in [5, 5.41) is 24.2. The predicted octanol–water partition coefficient (Wildman–Crippen LogP) is 6.72. The van der Waals surface area contributed by atoms with Gasteiger partial charge in [0.2, 0.25) is 5.91 Å². The first kappa shape index (κ1) is 52.9. The molecule has 0 radical (unpaired) electrons. The van der Waals surface area contributed by atoms with E-state index in [1.165, 1.54) is 10.8 Å². The van der Waals surface area contributed by atoms with Gasteiger partial charge >= 0.3 is 11.8 Å². The Morgan fingerprint density at radius 1 is 0.897 bits per heavy atom. The molecule has 0 aliphatic carbocycles. The van der Waals surface area contributed by atoms with Gasteiger partial charge in [-0.3, -0.25) is 19.1 Å². The van der Waals surface area contributed by atoms with Crippen LogP contribution in [0.2, 0.25) is 0 Å². The van der Waals surface area contributed by atoms with E-state index < -0.39 is 56.0 Å². The van der Waals surface area contributed by atoms with Crippen molar-refractivity contribution in [2.75, 3.05) is 40.5 Å². The van der Waals surface area contributed by atoms with Gasteiger partial charge in [-0.1, -0.05) is 54.6 Å². The smallest absolute Gasteiger partial charge is 0.407 e. The second-order valence-corrected chi connectivity index (χ2v) is 18.0. The molecule has 3 aromatic carbocycles. The molecule has 5 atom stereocenters. The molecule has 1 aliphatic heterocycles. The fourth-order valence-electron chi connectivity index (χ4n) is 7.86. The van der Waals surface area contributed by atoms with E-state index in [2.05, 4.69) is 27.8 Å². The maximum absolute atomic E-state index is 13.5. The highest BCUT2D eigenvalue weighted by molar-refractivity contribution is 7.44. The number of benzene rings is 3. The van der Waals surface area contributed by atoms with Gasteiger partial charge in [0.25, 0.3) is 14.1 Å². The summed E-state index contributed by atoms with van der Waals surface area (Å²) in [5.74, 6) is 0.950. The summed E-state index contributed by atoms with van der Waals surface area (Å²) in [7, 11) is 1.51. The zero-order chi connectivity index (χ0) is 49.2. The first-order chi connectivity index (χ1) is 32.7. The summed E-state index contributed by atoms with van der Waals surface area (Å²) in [5.41, 5.74) is 0.172. The normalized spacial score (nSPS) is 16.7. The number of hydrogen-bond donors (Lipinski definition) is 3. The number of nitriles is 2. The van der Waals surface area contributed by atoms with Gasteiger partial charge in [-0.15, -0.1) is 0 Å². The third-order valence-corrected chi connectivity index (χ3v) is 13.3. The van der Waals surface area contributed by atoms with E-state index in [0.29, 0.717) is 23.5 Å². The molecule has 364 valence electrons. The number of hydrogen-bond acceptors (Lipinski definition) is 14. The van der Waals surface area contributed by atoms with Crippen molar-refractivity contribution in [2.24, 2.45) is 0 Å². The SMILES string of the molecule is COc1ccc(C(OC[C@H]2O[C@@H](n3cc(C)c(=O)[nH]c3=O)C[C@@H]2OC(=O)NCCCNC(=O)C[C@@H](CC#N)OP(OCCC#N)N(C(C)C)C(C)C)(c2ccccc2)c2ccc(OC)cc2)cc1. The number of carbonyl (C=O) groups excluding carboxylic acids is 2. The lowest BCUT2D eigenvalue weighted by molar-refractivity contribution is -0.122. The number of nitrogens with zero attached hydrogens (tertiary/aromatic N) is 4. The van der Waals surface area contributed by atoms with Crippen molar-refractivity contribution >= 4 is 20.5 Å². The summed E-state index contributed by atoms with van der Waals surface area (Å²) in [6, 6.07) is 28.9.